The van der Waals surface area contributed by atoms with Crippen LogP contribution < -0.4 is 14.8 Å². The summed E-state index contributed by atoms with van der Waals surface area (Å²) in [7, 11) is 0. The quantitative estimate of drug-likeness (QED) is 0.458. The van der Waals surface area contributed by atoms with Crippen LogP contribution in [0.2, 0.25) is 0 Å². The molecule has 1 aliphatic rings. The van der Waals surface area contributed by atoms with E-state index in [0.717, 1.165) is 29.5 Å². The monoisotopic (exact) mass is 445 g/mol. The fourth-order valence-corrected chi connectivity index (χ4v) is 3.45. The highest BCUT2D eigenvalue weighted by molar-refractivity contribution is 5.86. The summed E-state index contributed by atoms with van der Waals surface area (Å²) in [5.41, 5.74) is 2.79. The molecule has 0 unspecified atom stereocenters. The molecule has 170 valence electrons. The van der Waals surface area contributed by atoms with Crippen LogP contribution in [0.4, 0.5) is 0 Å². The predicted molar refractivity (Wildman–Crippen MR) is 124 cm³/mol. The lowest BCUT2D eigenvalue weighted by Crippen LogP contribution is -2.43. The molecule has 6 nitrogen and oxygen atoms in total. The Kier molecular flexibility index (Phi) is 7.25. The van der Waals surface area contributed by atoms with Crippen molar-refractivity contribution in [3.63, 3.8) is 0 Å². The molecular weight excluding hydrogens is 418 g/mol. The number of rotatable bonds is 11. The molecule has 33 heavy (non-hydrogen) atoms. The first-order valence-electron chi connectivity index (χ1n) is 11.1. The molecule has 1 amide bonds. The van der Waals surface area contributed by atoms with Crippen molar-refractivity contribution in [1.82, 2.24) is 5.32 Å². The summed E-state index contributed by atoms with van der Waals surface area (Å²) in [5.74, 6) is -0.186. The van der Waals surface area contributed by atoms with Crippen molar-refractivity contribution in [3.8, 4) is 11.5 Å². The van der Waals surface area contributed by atoms with Gasteiger partial charge >= 0.3 is 5.97 Å². The van der Waals surface area contributed by atoms with Crippen LogP contribution in [0.3, 0.4) is 0 Å². The van der Waals surface area contributed by atoms with E-state index >= 15 is 0 Å². The van der Waals surface area contributed by atoms with E-state index in [0.29, 0.717) is 24.7 Å². The minimum Gasteiger partial charge on any atom is -0.485 e. The van der Waals surface area contributed by atoms with Gasteiger partial charge in [-0.3, -0.25) is 4.79 Å². The second-order valence-corrected chi connectivity index (χ2v) is 8.21. The molecule has 4 rings (SSSR count). The molecular formula is C27H27NO5. The molecule has 0 radical (unpaired) electrons. The van der Waals surface area contributed by atoms with Crippen molar-refractivity contribution in [3.05, 3.63) is 95.6 Å². The Hall–Kier alpha value is -3.80. The fourth-order valence-electron chi connectivity index (χ4n) is 3.45. The molecule has 0 spiro atoms. The van der Waals surface area contributed by atoms with Gasteiger partial charge in [-0.2, -0.15) is 0 Å². The van der Waals surface area contributed by atoms with Crippen LogP contribution in [0.15, 0.2) is 78.9 Å². The van der Waals surface area contributed by atoms with Gasteiger partial charge in [0.2, 0.25) is 5.91 Å². The Morgan fingerprint density at radius 3 is 1.94 bits per heavy atom. The zero-order valence-corrected chi connectivity index (χ0v) is 18.3. The second kappa shape index (κ2) is 10.7. The van der Waals surface area contributed by atoms with Gasteiger partial charge in [0.05, 0.1) is 0 Å². The van der Waals surface area contributed by atoms with Gasteiger partial charge in [-0.15, -0.1) is 0 Å². The lowest BCUT2D eigenvalue weighted by molar-refractivity contribution is -0.142. The number of amides is 1. The van der Waals surface area contributed by atoms with E-state index in [9.17, 15) is 14.7 Å². The highest BCUT2D eigenvalue weighted by atomic mass is 16.5. The first kappa shape index (κ1) is 22.4. The Balaban J connectivity index is 1.50. The van der Waals surface area contributed by atoms with Gasteiger partial charge in [0.25, 0.3) is 0 Å². The lowest BCUT2D eigenvalue weighted by Gasteiger charge is -2.17. The van der Waals surface area contributed by atoms with Gasteiger partial charge in [-0.25, -0.2) is 4.79 Å². The third-order valence-corrected chi connectivity index (χ3v) is 5.49. The zero-order chi connectivity index (χ0) is 23.0. The Morgan fingerprint density at radius 2 is 1.39 bits per heavy atom. The molecule has 1 saturated carbocycles. The molecule has 0 heterocycles. The Bertz CT molecular complexity index is 1080. The van der Waals surface area contributed by atoms with Crippen LogP contribution in [0.1, 0.15) is 29.5 Å². The number of carboxylic acid groups (broad SMARTS) is 1. The van der Waals surface area contributed by atoms with Crippen LogP contribution in [-0.2, 0) is 29.2 Å². The lowest BCUT2D eigenvalue weighted by atomic mass is 10.0. The van der Waals surface area contributed by atoms with E-state index in [-0.39, 0.29) is 18.2 Å². The summed E-state index contributed by atoms with van der Waals surface area (Å²) in [5, 5.41) is 12.3. The SMILES string of the molecule is O=C(N[C@@H](Cc1ccc(OCc2ccccc2)c(OCc2ccccc2)c1)C(=O)O)C1CC1. The summed E-state index contributed by atoms with van der Waals surface area (Å²) >= 11 is 0. The number of benzene rings is 3. The van der Waals surface area contributed by atoms with Crippen molar-refractivity contribution in [2.45, 2.75) is 38.5 Å². The molecule has 0 aliphatic heterocycles. The van der Waals surface area contributed by atoms with Gasteiger partial charge in [-0.05, 0) is 41.7 Å². The van der Waals surface area contributed by atoms with Crippen LogP contribution in [0.25, 0.3) is 0 Å². The molecule has 0 aromatic heterocycles. The third kappa shape index (κ3) is 6.59. The van der Waals surface area contributed by atoms with Gasteiger partial charge in [0, 0.05) is 12.3 Å². The topological polar surface area (TPSA) is 84.9 Å². The van der Waals surface area contributed by atoms with Crippen LogP contribution in [0, 0.1) is 5.92 Å². The van der Waals surface area contributed by atoms with Gasteiger partial charge < -0.3 is 19.9 Å². The number of hydrogen-bond acceptors (Lipinski definition) is 4. The van der Waals surface area contributed by atoms with E-state index < -0.39 is 12.0 Å². The van der Waals surface area contributed by atoms with Crippen molar-refractivity contribution in [1.29, 1.82) is 0 Å². The van der Waals surface area contributed by atoms with E-state index in [1.807, 2.05) is 66.7 Å². The average molecular weight is 446 g/mol. The third-order valence-electron chi connectivity index (χ3n) is 5.49. The Morgan fingerprint density at radius 1 is 0.818 bits per heavy atom. The van der Waals surface area contributed by atoms with Crippen molar-refractivity contribution in [2.75, 3.05) is 0 Å². The van der Waals surface area contributed by atoms with Gasteiger partial charge in [0.15, 0.2) is 11.5 Å². The second-order valence-electron chi connectivity index (χ2n) is 8.21. The molecule has 6 heteroatoms. The van der Waals surface area contributed by atoms with E-state index in [4.69, 9.17) is 9.47 Å². The molecule has 0 bridgehead atoms. The highest BCUT2D eigenvalue weighted by Gasteiger charge is 2.32. The molecule has 1 aliphatic carbocycles. The maximum absolute atomic E-state index is 12.1. The number of carboxylic acids is 1. The summed E-state index contributed by atoms with van der Waals surface area (Å²) in [6.45, 7) is 0.740. The van der Waals surface area contributed by atoms with Gasteiger partial charge in [-0.1, -0.05) is 66.7 Å². The Labute approximate surface area is 193 Å². The maximum atomic E-state index is 12.1. The van der Waals surface area contributed by atoms with E-state index in [2.05, 4.69) is 5.32 Å². The first-order valence-corrected chi connectivity index (χ1v) is 11.1. The van der Waals surface area contributed by atoms with Crippen molar-refractivity contribution in [2.24, 2.45) is 5.92 Å². The van der Waals surface area contributed by atoms with E-state index in [1.54, 1.807) is 12.1 Å². The molecule has 2 N–H and O–H groups in total. The summed E-state index contributed by atoms with van der Waals surface area (Å²) in [6, 6.07) is 24.0. The number of carbonyl (C=O) groups excluding carboxylic acids is 1. The summed E-state index contributed by atoms with van der Waals surface area (Å²) in [6.07, 6.45) is 1.81. The highest BCUT2D eigenvalue weighted by Crippen LogP contribution is 2.31. The minimum atomic E-state index is -1.06. The van der Waals surface area contributed by atoms with Crippen LogP contribution >= 0.6 is 0 Å². The molecule has 0 saturated heterocycles. The molecule has 3 aromatic carbocycles. The number of carbonyl (C=O) groups is 2. The van der Waals surface area contributed by atoms with E-state index in [1.165, 1.54) is 0 Å². The molecule has 1 fully saturated rings. The summed E-state index contributed by atoms with van der Waals surface area (Å²) < 4.78 is 12.1. The first-order chi connectivity index (χ1) is 16.1. The molecule has 1 atom stereocenters. The summed E-state index contributed by atoms with van der Waals surface area (Å²) in [4.78, 5) is 23.8. The average Bonchev–Trinajstić information content (AvgIpc) is 3.68. The fraction of sp³-hybridized carbons (Fsp3) is 0.259. The zero-order valence-electron chi connectivity index (χ0n) is 18.3. The normalized spacial score (nSPS) is 13.7. The number of nitrogens with one attached hydrogen (secondary N) is 1. The van der Waals surface area contributed by atoms with Crippen LogP contribution in [0.5, 0.6) is 11.5 Å². The maximum Gasteiger partial charge on any atom is 0.326 e. The predicted octanol–water partition coefficient (Wildman–Crippen LogP) is 4.37. The largest absolute Gasteiger partial charge is 0.485 e. The van der Waals surface area contributed by atoms with Crippen molar-refractivity contribution < 1.29 is 24.2 Å². The molecule has 3 aromatic rings. The smallest absolute Gasteiger partial charge is 0.326 e. The van der Waals surface area contributed by atoms with Gasteiger partial charge in [0.1, 0.15) is 19.3 Å². The minimum absolute atomic E-state index is 0.0506. The van der Waals surface area contributed by atoms with Crippen LogP contribution in [-0.4, -0.2) is 23.0 Å². The van der Waals surface area contributed by atoms with Crippen molar-refractivity contribution >= 4 is 11.9 Å². The number of aliphatic carboxylic acids is 1. The standard InChI is InChI=1S/C27H27NO5/c29-26(22-12-13-22)28-23(27(30)31)15-21-11-14-24(32-17-19-7-3-1-4-8-19)25(16-21)33-18-20-9-5-2-6-10-20/h1-11,14,16,22-23H,12-13,15,17-18H2,(H,28,29)(H,30,31)/t23-/m0/s1. The number of ether oxygens (including phenoxy) is 2. The number of hydrogen-bond donors (Lipinski definition) is 2.